The number of likely N-dealkylation sites (N-methyl/N-ethyl adjacent to an activating group) is 1. The van der Waals surface area contributed by atoms with Crippen LogP contribution >= 0.6 is 0 Å². The van der Waals surface area contributed by atoms with Gasteiger partial charge in [-0.05, 0) is 19.2 Å². The van der Waals surface area contributed by atoms with Gasteiger partial charge in [-0.1, -0.05) is 11.2 Å². The zero-order valence-corrected chi connectivity index (χ0v) is 11.7. The molecule has 0 aliphatic carbocycles. The van der Waals surface area contributed by atoms with Gasteiger partial charge in [-0.15, -0.1) is 0 Å². The van der Waals surface area contributed by atoms with Crippen molar-refractivity contribution in [2.24, 2.45) is 0 Å². The predicted molar refractivity (Wildman–Crippen MR) is 76.7 cm³/mol. The van der Waals surface area contributed by atoms with Gasteiger partial charge in [0.25, 0.3) is 5.89 Å². The van der Waals surface area contributed by atoms with Crippen LogP contribution in [0, 0.1) is 0 Å². The highest BCUT2D eigenvalue weighted by atomic mass is 16.5. The third-order valence-electron chi connectivity index (χ3n) is 3.91. The molecule has 1 aliphatic heterocycles. The largest absolute Gasteiger partial charge is 0.334 e. The molecule has 3 aromatic heterocycles. The number of aromatic nitrogens is 4. The zero-order chi connectivity index (χ0) is 14.2. The Hall–Kier alpha value is -2.25. The highest BCUT2D eigenvalue weighted by Gasteiger charge is 2.26. The summed E-state index contributed by atoms with van der Waals surface area (Å²) in [6.07, 6.45) is 3.66. The van der Waals surface area contributed by atoms with Crippen LogP contribution in [0.4, 0.5) is 0 Å². The molecular formula is C14H16N6O. The first-order valence-corrected chi connectivity index (χ1v) is 7.00. The molecule has 0 saturated carbocycles. The van der Waals surface area contributed by atoms with Crippen LogP contribution in [0.25, 0.3) is 17.0 Å². The van der Waals surface area contributed by atoms with E-state index >= 15 is 0 Å². The Kier molecular flexibility index (Phi) is 2.94. The third kappa shape index (κ3) is 2.10. The van der Waals surface area contributed by atoms with Crippen LogP contribution in [-0.2, 0) is 0 Å². The van der Waals surface area contributed by atoms with Crippen molar-refractivity contribution in [3.63, 3.8) is 0 Å². The second-order valence-corrected chi connectivity index (χ2v) is 5.25. The molecule has 1 atom stereocenters. The normalized spacial score (nSPS) is 20.1. The molecule has 3 aromatic rings. The maximum Gasteiger partial charge on any atom is 0.261 e. The quantitative estimate of drug-likeness (QED) is 0.756. The average molecular weight is 284 g/mol. The van der Waals surface area contributed by atoms with Gasteiger partial charge in [-0.3, -0.25) is 4.90 Å². The standard InChI is InChI=1S/C14H16N6O/c1-19-7-5-15-9-12(19)13-17-14(21-18-13)10-8-16-20-6-3-2-4-11(10)20/h2-4,6,8,12,15H,5,7,9H2,1H3. The summed E-state index contributed by atoms with van der Waals surface area (Å²) < 4.78 is 7.25. The van der Waals surface area contributed by atoms with E-state index in [2.05, 4.69) is 32.5 Å². The molecule has 0 spiro atoms. The second kappa shape index (κ2) is 4.94. The predicted octanol–water partition coefficient (Wildman–Crippen LogP) is 0.960. The number of piperazine rings is 1. The molecule has 1 aliphatic rings. The van der Waals surface area contributed by atoms with E-state index in [0.29, 0.717) is 5.89 Å². The van der Waals surface area contributed by atoms with Crippen LogP contribution in [-0.4, -0.2) is 51.3 Å². The van der Waals surface area contributed by atoms with Gasteiger partial charge < -0.3 is 9.84 Å². The van der Waals surface area contributed by atoms with E-state index in [-0.39, 0.29) is 6.04 Å². The smallest absolute Gasteiger partial charge is 0.261 e. The Balaban J connectivity index is 1.71. The lowest BCUT2D eigenvalue weighted by molar-refractivity contribution is 0.190. The molecule has 0 radical (unpaired) electrons. The summed E-state index contributed by atoms with van der Waals surface area (Å²) in [5.74, 6) is 1.24. The minimum atomic E-state index is 0.151. The fourth-order valence-corrected chi connectivity index (χ4v) is 2.67. The maximum absolute atomic E-state index is 5.45. The molecule has 1 fully saturated rings. The summed E-state index contributed by atoms with van der Waals surface area (Å²) in [4.78, 5) is 6.80. The topological polar surface area (TPSA) is 71.5 Å². The highest BCUT2D eigenvalue weighted by Crippen LogP contribution is 2.25. The lowest BCUT2D eigenvalue weighted by Gasteiger charge is -2.30. The van der Waals surface area contributed by atoms with Crippen LogP contribution in [0.3, 0.4) is 0 Å². The van der Waals surface area contributed by atoms with Crippen LogP contribution in [0.5, 0.6) is 0 Å². The molecule has 7 heteroatoms. The Morgan fingerprint density at radius 1 is 1.38 bits per heavy atom. The molecule has 0 amide bonds. The van der Waals surface area contributed by atoms with Crippen molar-refractivity contribution in [3.8, 4) is 11.5 Å². The van der Waals surface area contributed by atoms with Gasteiger partial charge in [0, 0.05) is 25.8 Å². The molecule has 1 saturated heterocycles. The SMILES string of the molecule is CN1CCNCC1c1noc(-c2cnn3ccccc23)n1. The van der Waals surface area contributed by atoms with E-state index in [1.165, 1.54) is 0 Å². The van der Waals surface area contributed by atoms with Gasteiger partial charge in [0.15, 0.2) is 5.82 Å². The summed E-state index contributed by atoms with van der Waals surface area (Å²) >= 11 is 0. The van der Waals surface area contributed by atoms with Crippen LogP contribution in [0.2, 0.25) is 0 Å². The minimum absolute atomic E-state index is 0.151. The molecule has 108 valence electrons. The molecule has 0 bridgehead atoms. The molecule has 7 nitrogen and oxygen atoms in total. The molecule has 21 heavy (non-hydrogen) atoms. The van der Waals surface area contributed by atoms with Gasteiger partial charge >= 0.3 is 0 Å². The summed E-state index contributed by atoms with van der Waals surface area (Å²) in [6, 6.07) is 6.04. The van der Waals surface area contributed by atoms with E-state index in [1.807, 2.05) is 24.4 Å². The Morgan fingerprint density at radius 3 is 3.24 bits per heavy atom. The van der Waals surface area contributed by atoms with Crippen molar-refractivity contribution < 1.29 is 4.52 Å². The monoisotopic (exact) mass is 284 g/mol. The Labute approximate surface area is 121 Å². The minimum Gasteiger partial charge on any atom is -0.334 e. The van der Waals surface area contributed by atoms with Crippen molar-refractivity contribution >= 4 is 5.52 Å². The van der Waals surface area contributed by atoms with Crippen molar-refractivity contribution in [3.05, 3.63) is 36.4 Å². The van der Waals surface area contributed by atoms with Gasteiger partial charge in [-0.2, -0.15) is 10.1 Å². The first-order chi connectivity index (χ1) is 10.3. The van der Waals surface area contributed by atoms with Crippen molar-refractivity contribution in [1.82, 2.24) is 30.0 Å². The molecule has 4 rings (SSSR count). The number of rotatable bonds is 2. The van der Waals surface area contributed by atoms with Crippen LogP contribution < -0.4 is 5.32 Å². The zero-order valence-electron chi connectivity index (χ0n) is 11.7. The van der Waals surface area contributed by atoms with E-state index in [9.17, 15) is 0 Å². The lowest BCUT2D eigenvalue weighted by atomic mass is 10.2. The average Bonchev–Trinajstić information content (AvgIpc) is 3.14. The first-order valence-electron chi connectivity index (χ1n) is 7.00. The van der Waals surface area contributed by atoms with E-state index in [4.69, 9.17) is 4.52 Å². The van der Waals surface area contributed by atoms with Crippen molar-refractivity contribution in [2.45, 2.75) is 6.04 Å². The Bertz CT molecular complexity index is 764. The molecule has 0 aromatic carbocycles. The fourth-order valence-electron chi connectivity index (χ4n) is 2.67. The molecule has 1 unspecified atom stereocenters. The van der Waals surface area contributed by atoms with Gasteiger partial charge in [0.2, 0.25) is 0 Å². The summed E-state index contributed by atoms with van der Waals surface area (Å²) in [7, 11) is 2.08. The van der Waals surface area contributed by atoms with Crippen LogP contribution in [0.1, 0.15) is 11.9 Å². The van der Waals surface area contributed by atoms with Gasteiger partial charge in [0.05, 0.1) is 23.3 Å². The molecular weight excluding hydrogens is 268 g/mol. The third-order valence-corrected chi connectivity index (χ3v) is 3.91. The van der Waals surface area contributed by atoms with E-state index in [0.717, 1.165) is 36.5 Å². The number of nitrogens with zero attached hydrogens (tertiary/aromatic N) is 5. The lowest BCUT2D eigenvalue weighted by Crippen LogP contribution is -2.44. The summed E-state index contributed by atoms with van der Waals surface area (Å²) in [5.41, 5.74) is 1.82. The second-order valence-electron chi connectivity index (χ2n) is 5.25. The van der Waals surface area contributed by atoms with E-state index < -0.39 is 0 Å². The van der Waals surface area contributed by atoms with Crippen molar-refractivity contribution in [2.75, 3.05) is 26.7 Å². The summed E-state index contributed by atoms with van der Waals surface area (Å²) in [6.45, 7) is 2.81. The number of pyridine rings is 1. The number of hydrogen-bond acceptors (Lipinski definition) is 6. The number of hydrogen-bond donors (Lipinski definition) is 1. The van der Waals surface area contributed by atoms with Gasteiger partial charge in [0.1, 0.15) is 0 Å². The molecule has 1 N–H and O–H groups in total. The van der Waals surface area contributed by atoms with Gasteiger partial charge in [-0.25, -0.2) is 4.52 Å². The van der Waals surface area contributed by atoms with E-state index in [1.54, 1.807) is 10.7 Å². The first kappa shape index (κ1) is 12.5. The Morgan fingerprint density at radius 2 is 2.33 bits per heavy atom. The fraction of sp³-hybridized carbons (Fsp3) is 0.357. The maximum atomic E-state index is 5.45. The highest BCUT2D eigenvalue weighted by molar-refractivity contribution is 5.74. The molecule has 4 heterocycles. The number of fused-ring (bicyclic) bond motifs is 1. The van der Waals surface area contributed by atoms with Crippen molar-refractivity contribution in [1.29, 1.82) is 0 Å². The van der Waals surface area contributed by atoms with Crippen LogP contribution in [0.15, 0.2) is 35.1 Å². The number of nitrogens with one attached hydrogen (secondary N) is 1. The summed E-state index contributed by atoms with van der Waals surface area (Å²) in [5, 5.41) is 11.8.